The van der Waals surface area contributed by atoms with Gasteiger partial charge in [0.2, 0.25) is 5.91 Å². The zero-order chi connectivity index (χ0) is 22.4. The van der Waals surface area contributed by atoms with Crippen LogP contribution in [0.4, 0.5) is 0 Å². The monoisotopic (exact) mass is 436 g/mol. The standard InChI is InChI=1S/C26H32N2O4/c1-31-21-9-11-22(12-10-21)32-16-15-27-24(29)17-26(13-5-2-6-14-26)19-28-18-20-7-3-4-8-23(20)25(28)30/h3-4,7-12H,2,5-6,13-19H2,1H3,(H,27,29). The van der Waals surface area contributed by atoms with E-state index < -0.39 is 0 Å². The van der Waals surface area contributed by atoms with Gasteiger partial charge in [-0.1, -0.05) is 37.5 Å². The van der Waals surface area contributed by atoms with Gasteiger partial charge in [-0.25, -0.2) is 0 Å². The molecule has 6 nitrogen and oxygen atoms in total. The molecule has 1 heterocycles. The Kier molecular flexibility index (Phi) is 6.98. The molecule has 0 bridgehead atoms. The number of nitrogens with zero attached hydrogens (tertiary/aromatic N) is 1. The Balaban J connectivity index is 1.29. The second-order valence-electron chi connectivity index (χ2n) is 8.93. The summed E-state index contributed by atoms with van der Waals surface area (Å²) in [5.74, 6) is 1.66. The highest BCUT2D eigenvalue weighted by Gasteiger charge is 2.39. The van der Waals surface area contributed by atoms with Crippen molar-refractivity contribution in [3.8, 4) is 11.5 Å². The first-order valence-corrected chi connectivity index (χ1v) is 11.5. The van der Waals surface area contributed by atoms with E-state index in [0.29, 0.717) is 32.7 Å². The van der Waals surface area contributed by atoms with Gasteiger partial charge in [0.1, 0.15) is 18.1 Å². The summed E-state index contributed by atoms with van der Waals surface area (Å²) in [6.07, 6.45) is 5.86. The lowest BCUT2D eigenvalue weighted by molar-refractivity contribution is -0.124. The first kappa shape index (κ1) is 22.2. The second kappa shape index (κ2) is 10.1. The van der Waals surface area contributed by atoms with Gasteiger partial charge in [-0.15, -0.1) is 0 Å². The highest BCUT2D eigenvalue weighted by molar-refractivity contribution is 5.98. The van der Waals surface area contributed by atoms with Crippen molar-refractivity contribution in [2.45, 2.75) is 45.1 Å². The van der Waals surface area contributed by atoms with Crippen molar-refractivity contribution in [1.82, 2.24) is 10.2 Å². The van der Waals surface area contributed by atoms with Crippen LogP contribution in [0.15, 0.2) is 48.5 Å². The summed E-state index contributed by atoms with van der Waals surface area (Å²) in [5.41, 5.74) is 1.75. The molecule has 1 aliphatic heterocycles. The number of hydrogen-bond donors (Lipinski definition) is 1. The number of carbonyl (C=O) groups excluding carboxylic acids is 2. The highest BCUT2D eigenvalue weighted by Crippen LogP contribution is 2.41. The van der Waals surface area contributed by atoms with E-state index in [1.165, 1.54) is 6.42 Å². The molecule has 32 heavy (non-hydrogen) atoms. The minimum atomic E-state index is -0.142. The van der Waals surface area contributed by atoms with Crippen LogP contribution in [0.3, 0.4) is 0 Å². The Hall–Kier alpha value is -3.02. The van der Waals surface area contributed by atoms with Gasteiger partial charge >= 0.3 is 0 Å². The van der Waals surface area contributed by atoms with Crippen molar-refractivity contribution in [2.24, 2.45) is 5.41 Å². The van der Waals surface area contributed by atoms with Crippen LogP contribution in [-0.4, -0.2) is 43.5 Å². The second-order valence-corrected chi connectivity index (χ2v) is 8.93. The number of methoxy groups -OCH3 is 1. The fraction of sp³-hybridized carbons (Fsp3) is 0.462. The third kappa shape index (κ3) is 5.23. The van der Waals surface area contributed by atoms with Crippen molar-refractivity contribution in [3.63, 3.8) is 0 Å². The summed E-state index contributed by atoms with van der Waals surface area (Å²) in [7, 11) is 1.63. The lowest BCUT2D eigenvalue weighted by Gasteiger charge is -2.39. The molecule has 6 heteroatoms. The molecule has 2 aliphatic rings. The van der Waals surface area contributed by atoms with E-state index >= 15 is 0 Å². The lowest BCUT2D eigenvalue weighted by atomic mass is 9.71. The number of rotatable bonds is 9. The normalized spacial score (nSPS) is 17.0. The molecule has 0 unspecified atom stereocenters. The molecule has 2 aromatic carbocycles. The molecule has 2 amide bonds. The average Bonchev–Trinajstić information content (AvgIpc) is 3.12. The van der Waals surface area contributed by atoms with Crippen LogP contribution < -0.4 is 14.8 Å². The van der Waals surface area contributed by atoms with Gasteiger partial charge in [0.05, 0.1) is 13.7 Å². The third-order valence-electron chi connectivity index (χ3n) is 6.62. The van der Waals surface area contributed by atoms with Crippen LogP contribution in [-0.2, 0) is 11.3 Å². The van der Waals surface area contributed by atoms with Crippen LogP contribution in [0.25, 0.3) is 0 Å². The molecule has 4 rings (SSSR count). The topological polar surface area (TPSA) is 67.9 Å². The molecule has 0 aromatic heterocycles. The number of benzene rings is 2. The quantitative estimate of drug-likeness (QED) is 0.599. The Morgan fingerprint density at radius 3 is 2.47 bits per heavy atom. The SMILES string of the molecule is COc1ccc(OCCNC(=O)CC2(CN3Cc4ccccc4C3=O)CCCCC2)cc1. The van der Waals surface area contributed by atoms with Crippen molar-refractivity contribution < 1.29 is 19.1 Å². The largest absolute Gasteiger partial charge is 0.497 e. The van der Waals surface area contributed by atoms with Gasteiger partial charge in [-0.3, -0.25) is 9.59 Å². The van der Waals surface area contributed by atoms with Crippen molar-refractivity contribution in [3.05, 3.63) is 59.7 Å². The minimum absolute atomic E-state index is 0.0365. The Bertz CT molecular complexity index is 935. The van der Waals surface area contributed by atoms with E-state index in [2.05, 4.69) is 5.32 Å². The van der Waals surface area contributed by atoms with Crippen LogP contribution in [0.2, 0.25) is 0 Å². The molecule has 1 fully saturated rings. The predicted octanol–water partition coefficient (Wildman–Crippen LogP) is 4.19. The van der Waals surface area contributed by atoms with Gasteiger partial charge < -0.3 is 19.7 Å². The number of hydrogen-bond acceptors (Lipinski definition) is 4. The highest BCUT2D eigenvalue weighted by atomic mass is 16.5. The van der Waals surface area contributed by atoms with Gasteiger partial charge in [0.15, 0.2) is 0 Å². The maximum Gasteiger partial charge on any atom is 0.254 e. The fourth-order valence-corrected chi connectivity index (χ4v) is 4.97. The molecule has 0 spiro atoms. The lowest BCUT2D eigenvalue weighted by Crippen LogP contribution is -2.43. The van der Waals surface area contributed by atoms with E-state index in [4.69, 9.17) is 9.47 Å². The summed E-state index contributed by atoms with van der Waals surface area (Å²) >= 11 is 0. The summed E-state index contributed by atoms with van der Waals surface area (Å²) in [5, 5.41) is 3.01. The van der Waals surface area contributed by atoms with Crippen molar-refractivity contribution >= 4 is 11.8 Å². The molecule has 2 aromatic rings. The third-order valence-corrected chi connectivity index (χ3v) is 6.62. The molecule has 0 radical (unpaired) electrons. The number of nitrogens with one attached hydrogen (secondary N) is 1. The summed E-state index contributed by atoms with van der Waals surface area (Å²) in [4.78, 5) is 27.6. The molecule has 0 saturated heterocycles. The first-order chi connectivity index (χ1) is 15.6. The molecular weight excluding hydrogens is 404 g/mol. The van der Waals surface area contributed by atoms with Crippen LogP contribution in [0, 0.1) is 5.41 Å². The maximum atomic E-state index is 12.9. The molecular formula is C26H32N2O4. The van der Waals surface area contributed by atoms with Crippen LogP contribution in [0.5, 0.6) is 11.5 Å². The smallest absolute Gasteiger partial charge is 0.254 e. The van der Waals surface area contributed by atoms with Crippen molar-refractivity contribution in [1.29, 1.82) is 0 Å². The number of carbonyl (C=O) groups is 2. The van der Waals surface area contributed by atoms with Crippen LogP contribution >= 0.6 is 0 Å². The van der Waals surface area contributed by atoms with Gasteiger partial charge in [0, 0.05) is 25.1 Å². The summed E-state index contributed by atoms with van der Waals surface area (Å²) in [6.45, 7) is 2.16. The first-order valence-electron chi connectivity index (χ1n) is 11.5. The maximum absolute atomic E-state index is 12.9. The summed E-state index contributed by atoms with van der Waals surface area (Å²) < 4.78 is 10.8. The van der Waals surface area contributed by atoms with E-state index in [0.717, 1.165) is 48.3 Å². The average molecular weight is 437 g/mol. The molecule has 1 aliphatic carbocycles. The molecule has 0 atom stereocenters. The van der Waals surface area contributed by atoms with Gasteiger partial charge in [-0.2, -0.15) is 0 Å². The molecule has 1 N–H and O–H groups in total. The zero-order valence-electron chi connectivity index (χ0n) is 18.8. The Morgan fingerprint density at radius 2 is 1.75 bits per heavy atom. The van der Waals surface area contributed by atoms with E-state index in [-0.39, 0.29) is 17.2 Å². The Morgan fingerprint density at radius 1 is 1.03 bits per heavy atom. The van der Waals surface area contributed by atoms with E-state index in [1.54, 1.807) is 7.11 Å². The van der Waals surface area contributed by atoms with Gasteiger partial charge in [0.25, 0.3) is 5.91 Å². The fourth-order valence-electron chi connectivity index (χ4n) is 4.97. The Labute approximate surface area is 189 Å². The number of fused-ring (bicyclic) bond motifs is 1. The minimum Gasteiger partial charge on any atom is -0.497 e. The number of amides is 2. The van der Waals surface area contributed by atoms with Crippen LogP contribution in [0.1, 0.15) is 54.4 Å². The van der Waals surface area contributed by atoms with E-state index in [1.807, 2.05) is 53.4 Å². The number of ether oxygens (including phenoxy) is 2. The summed E-state index contributed by atoms with van der Waals surface area (Å²) in [6, 6.07) is 15.2. The van der Waals surface area contributed by atoms with E-state index in [9.17, 15) is 9.59 Å². The molecule has 170 valence electrons. The molecule has 1 saturated carbocycles. The zero-order valence-corrected chi connectivity index (χ0v) is 18.8. The van der Waals surface area contributed by atoms with Gasteiger partial charge in [-0.05, 0) is 54.2 Å². The van der Waals surface area contributed by atoms with Crippen molar-refractivity contribution in [2.75, 3.05) is 26.8 Å². The predicted molar refractivity (Wildman–Crippen MR) is 123 cm³/mol.